The van der Waals surface area contributed by atoms with Crippen molar-refractivity contribution in [3.8, 4) is 51.5 Å². The molecule has 218 valence electrons. The van der Waals surface area contributed by atoms with Crippen LogP contribution in [0.3, 0.4) is 0 Å². The van der Waals surface area contributed by atoms with Gasteiger partial charge in [-0.05, 0) is 99.4 Å². The van der Waals surface area contributed by atoms with Crippen molar-refractivity contribution in [3.63, 3.8) is 0 Å². The first-order valence-electron chi connectivity index (χ1n) is 15.2. The normalized spacial score (nSPS) is 11.6. The number of hydrogen-bond donors (Lipinski definition) is 0. The van der Waals surface area contributed by atoms with Crippen LogP contribution >= 0.6 is 68.0 Å². The average Bonchev–Trinajstić information content (AvgIpc) is 3.83. The molecule has 6 aromatic heterocycles. The highest BCUT2D eigenvalue weighted by Crippen LogP contribution is 2.51. The summed E-state index contributed by atoms with van der Waals surface area (Å²) in [6.45, 7) is 4.62. The predicted octanol–water partition coefficient (Wildman–Crippen LogP) is 14.6. The van der Waals surface area contributed by atoms with E-state index in [2.05, 4.69) is 82.5 Å². The molecule has 0 atom stereocenters. The van der Waals surface area contributed by atoms with Crippen LogP contribution in [0.25, 0.3) is 51.5 Å². The molecule has 0 unspecified atom stereocenters. The molecule has 6 rings (SSSR count). The van der Waals surface area contributed by atoms with E-state index in [4.69, 9.17) is 0 Å². The number of thiophene rings is 6. The molecule has 0 N–H and O–H groups in total. The van der Waals surface area contributed by atoms with E-state index in [1.807, 2.05) is 68.0 Å². The zero-order valence-corrected chi connectivity index (χ0v) is 29.3. The van der Waals surface area contributed by atoms with E-state index < -0.39 is 0 Å². The lowest BCUT2D eigenvalue weighted by molar-refractivity contribution is 0.652. The van der Waals surface area contributed by atoms with Gasteiger partial charge in [0.15, 0.2) is 0 Å². The molecule has 0 aliphatic rings. The van der Waals surface area contributed by atoms with E-state index in [-0.39, 0.29) is 0 Å². The second kappa shape index (κ2) is 14.8. The van der Waals surface area contributed by atoms with Gasteiger partial charge in [0, 0.05) is 46.6 Å². The van der Waals surface area contributed by atoms with E-state index in [1.54, 1.807) is 11.1 Å². The zero-order valence-electron chi connectivity index (χ0n) is 24.4. The lowest BCUT2D eigenvalue weighted by Crippen LogP contribution is -1.94. The Morgan fingerprint density at radius 1 is 0.452 bits per heavy atom. The summed E-state index contributed by atoms with van der Waals surface area (Å²) in [4.78, 5) is 8.55. The summed E-state index contributed by atoms with van der Waals surface area (Å²) in [5.41, 5.74) is 8.80. The number of unbranched alkanes of at least 4 members (excludes halogenated alkanes) is 6. The maximum absolute atomic E-state index is 2.50. The van der Waals surface area contributed by atoms with Crippen molar-refractivity contribution in [2.75, 3.05) is 0 Å². The summed E-state index contributed by atoms with van der Waals surface area (Å²) >= 11 is 11.4. The number of rotatable bonds is 15. The maximum atomic E-state index is 2.50. The fourth-order valence-electron chi connectivity index (χ4n) is 5.76. The lowest BCUT2D eigenvalue weighted by atomic mass is 9.97. The van der Waals surface area contributed by atoms with Gasteiger partial charge in [-0.2, -0.15) is 0 Å². The van der Waals surface area contributed by atoms with Crippen LogP contribution in [0.4, 0.5) is 0 Å². The SMILES string of the molecule is CCCCCCc1csc(-c2sccc2-c2sccc2-c2sccc2-c2sccc2-c2cccs2)c1CCCCCC. The Morgan fingerprint density at radius 2 is 1.00 bits per heavy atom. The first-order chi connectivity index (χ1) is 20.8. The van der Waals surface area contributed by atoms with E-state index in [0.717, 1.165) is 0 Å². The second-order valence-electron chi connectivity index (χ2n) is 10.8. The van der Waals surface area contributed by atoms with Gasteiger partial charge in [-0.15, -0.1) is 68.0 Å². The Labute approximate surface area is 275 Å². The van der Waals surface area contributed by atoms with Crippen molar-refractivity contribution >= 4 is 68.0 Å². The molecule has 0 nitrogen and oxygen atoms in total. The Bertz CT molecular complexity index is 1660. The number of hydrogen-bond acceptors (Lipinski definition) is 6. The Morgan fingerprint density at radius 3 is 1.60 bits per heavy atom. The third-order valence-corrected chi connectivity index (χ3v) is 13.8. The molecule has 0 radical (unpaired) electrons. The van der Waals surface area contributed by atoms with Crippen LogP contribution in [0.5, 0.6) is 0 Å². The van der Waals surface area contributed by atoms with Crippen LogP contribution in [-0.4, -0.2) is 0 Å². The largest absolute Gasteiger partial charge is 0.144 e. The minimum absolute atomic E-state index is 1.22. The highest BCUT2D eigenvalue weighted by molar-refractivity contribution is 7.22. The highest BCUT2D eigenvalue weighted by Gasteiger charge is 2.23. The molecule has 6 heterocycles. The van der Waals surface area contributed by atoms with Crippen molar-refractivity contribution in [1.82, 2.24) is 0 Å². The molecule has 0 aromatic carbocycles. The van der Waals surface area contributed by atoms with Crippen LogP contribution in [0.2, 0.25) is 0 Å². The molecule has 0 bridgehead atoms. The number of aryl methyl sites for hydroxylation is 1. The van der Waals surface area contributed by atoms with Crippen LogP contribution < -0.4 is 0 Å². The van der Waals surface area contributed by atoms with E-state index in [9.17, 15) is 0 Å². The van der Waals surface area contributed by atoms with Crippen molar-refractivity contribution in [2.45, 2.75) is 78.1 Å². The van der Waals surface area contributed by atoms with Crippen molar-refractivity contribution in [2.24, 2.45) is 0 Å². The van der Waals surface area contributed by atoms with E-state index in [0.29, 0.717) is 0 Å². The topological polar surface area (TPSA) is 0 Å². The summed E-state index contributed by atoms with van der Waals surface area (Å²) < 4.78 is 0. The summed E-state index contributed by atoms with van der Waals surface area (Å²) in [5, 5.41) is 13.8. The molecule has 0 aliphatic heterocycles. The fourth-order valence-corrected chi connectivity index (χ4v) is 11.9. The predicted molar refractivity (Wildman–Crippen MR) is 197 cm³/mol. The first-order valence-corrected chi connectivity index (χ1v) is 20.5. The van der Waals surface area contributed by atoms with Crippen LogP contribution in [-0.2, 0) is 12.8 Å². The standard InChI is InChI=1S/C36H38S6/c1-3-5-7-9-12-25-24-42-35(26(25)13-10-8-6-4-2)36-30(18-23-41-36)34-29(17-22-40-34)33-28(16-21-39-33)32-27(15-20-38-32)31-14-11-19-37-31/h11,14-24H,3-10,12-13H2,1-2H3. The summed E-state index contributed by atoms with van der Waals surface area (Å²) in [5.74, 6) is 0. The third-order valence-electron chi connectivity index (χ3n) is 7.95. The van der Waals surface area contributed by atoms with Gasteiger partial charge in [0.05, 0.1) is 4.88 Å². The van der Waals surface area contributed by atoms with Crippen molar-refractivity contribution in [1.29, 1.82) is 0 Å². The molecule has 0 spiro atoms. The molecule has 0 saturated carbocycles. The van der Waals surface area contributed by atoms with Crippen LogP contribution in [0.1, 0.15) is 76.3 Å². The van der Waals surface area contributed by atoms with Gasteiger partial charge in [-0.1, -0.05) is 58.4 Å². The first kappa shape index (κ1) is 30.2. The van der Waals surface area contributed by atoms with Crippen molar-refractivity contribution < 1.29 is 0 Å². The highest BCUT2D eigenvalue weighted by atomic mass is 32.1. The molecular formula is C36H38S6. The molecule has 0 aliphatic carbocycles. The fraction of sp³-hybridized carbons (Fsp3) is 0.333. The van der Waals surface area contributed by atoms with Gasteiger partial charge in [-0.3, -0.25) is 0 Å². The van der Waals surface area contributed by atoms with Gasteiger partial charge in [0.2, 0.25) is 0 Å². The van der Waals surface area contributed by atoms with E-state index >= 15 is 0 Å². The molecule has 0 amide bonds. The molecule has 6 heteroatoms. The minimum Gasteiger partial charge on any atom is -0.144 e. The lowest BCUT2D eigenvalue weighted by Gasteiger charge is -2.10. The Kier molecular flexibility index (Phi) is 10.6. The smallest absolute Gasteiger partial charge is 0.0532 e. The Hall–Kier alpha value is -1.80. The summed E-state index contributed by atoms with van der Waals surface area (Å²) in [6, 6.07) is 13.8. The van der Waals surface area contributed by atoms with Crippen LogP contribution in [0.15, 0.2) is 68.7 Å². The Balaban J connectivity index is 1.35. The molecule has 0 saturated heterocycles. The van der Waals surface area contributed by atoms with Crippen LogP contribution in [0, 0.1) is 0 Å². The molecule has 6 aromatic rings. The molecular weight excluding hydrogens is 625 g/mol. The maximum Gasteiger partial charge on any atom is 0.0532 e. The monoisotopic (exact) mass is 662 g/mol. The third kappa shape index (κ3) is 6.50. The second-order valence-corrected chi connectivity index (χ2v) is 16.3. The summed E-state index contributed by atoms with van der Waals surface area (Å²) in [7, 11) is 0. The van der Waals surface area contributed by atoms with Gasteiger partial charge in [0.25, 0.3) is 0 Å². The molecule has 0 fully saturated rings. The van der Waals surface area contributed by atoms with E-state index in [1.165, 1.54) is 116 Å². The van der Waals surface area contributed by atoms with Gasteiger partial charge in [-0.25, -0.2) is 0 Å². The van der Waals surface area contributed by atoms with Gasteiger partial charge in [0.1, 0.15) is 0 Å². The minimum atomic E-state index is 1.22. The van der Waals surface area contributed by atoms with Gasteiger partial charge >= 0.3 is 0 Å². The van der Waals surface area contributed by atoms with Gasteiger partial charge < -0.3 is 0 Å². The quantitative estimate of drug-likeness (QED) is 0.0960. The summed E-state index contributed by atoms with van der Waals surface area (Å²) in [6.07, 6.45) is 13.0. The molecule has 42 heavy (non-hydrogen) atoms. The zero-order chi connectivity index (χ0) is 28.7. The average molecular weight is 663 g/mol. The van der Waals surface area contributed by atoms with Crippen molar-refractivity contribution in [3.05, 3.63) is 79.8 Å².